The first-order valence-electron chi connectivity index (χ1n) is 14.7. The lowest BCUT2D eigenvalue weighted by molar-refractivity contribution is -0.149. The monoisotopic (exact) mass is 663 g/mol. The summed E-state index contributed by atoms with van der Waals surface area (Å²) in [6.07, 6.45) is -5.07. The molecule has 16 heteroatoms. The highest BCUT2D eigenvalue weighted by molar-refractivity contribution is 5.80. The number of carboxylic acid groups (broad SMARTS) is 1. The van der Waals surface area contributed by atoms with Gasteiger partial charge in [-0.1, -0.05) is 30.3 Å². The second-order valence-corrected chi connectivity index (χ2v) is 11.5. The lowest BCUT2D eigenvalue weighted by Gasteiger charge is -2.34. The predicted molar refractivity (Wildman–Crippen MR) is 159 cm³/mol. The van der Waals surface area contributed by atoms with Gasteiger partial charge in [-0.05, 0) is 45.0 Å². The highest BCUT2D eigenvalue weighted by Crippen LogP contribution is 2.32. The molecule has 2 atom stereocenters. The first kappa shape index (κ1) is 35.2. The minimum absolute atomic E-state index is 0.00851. The van der Waals surface area contributed by atoms with E-state index in [9.17, 15) is 27.6 Å². The average Bonchev–Trinajstić information content (AvgIpc) is 3.54. The van der Waals surface area contributed by atoms with Crippen LogP contribution in [0.4, 0.5) is 18.0 Å². The molecule has 0 aliphatic carbocycles. The second-order valence-electron chi connectivity index (χ2n) is 11.5. The number of rotatable bonds is 6. The number of hydrogen-bond donors (Lipinski definition) is 2. The van der Waals surface area contributed by atoms with Gasteiger partial charge in [0.25, 0.3) is 5.91 Å². The van der Waals surface area contributed by atoms with E-state index in [1.165, 1.54) is 17.0 Å². The number of nitrogens with one attached hydrogen (secondary N) is 1. The number of halogens is 3. The van der Waals surface area contributed by atoms with Crippen molar-refractivity contribution in [2.45, 2.75) is 44.6 Å². The van der Waals surface area contributed by atoms with Crippen molar-refractivity contribution in [1.29, 1.82) is 0 Å². The molecule has 2 unspecified atom stereocenters. The SMILES string of the molecule is CC(C)(C)OC(=O)N1CCOCC1C(=O)O.O=C(COc1ccccc1)N1CCOCC1c1nc(-c2cccc(C(F)(F)F)c2)n[nH]1. The zero-order valence-electron chi connectivity index (χ0n) is 26.0. The summed E-state index contributed by atoms with van der Waals surface area (Å²) in [6.45, 7) is 6.53. The third-order valence-electron chi connectivity index (χ3n) is 6.86. The van der Waals surface area contributed by atoms with Gasteiger partial charge in [-0.3, -0.25) is 14.8 Å². The Morgan fingerprint density at radius 3 is 2.32 bits per heavy atom. The third kappa shape index (κ3) is 9.89. The fourth-order valence-electron chi connectivity index (χ4n) is 4.61. The van der Waals surface area contributed by atoms with Crippen LogP contribution in [0.1, 0.15) is 38.2 Å². The van der Waals surface area contributed by atoms with Gasteiger partial charge in [0, 0.05) is 18.7 Å². The molecule has 3 heterocycles. The van der Waals surface area contributed by atoms with Crippen LogP contribution >= 0.6 is 0 Å². The van der Waals surface area contributed by atoms with Crippen LogP contribution in [0.15, 0.2) is 54.6 Å². The molecule has 0 bridgehead atoms. The number of amides is 2. The van der Waals surface area contributed by atoms with Crippen molar-refractivity contribution in [1.82, 2.24) is 25.0 Å². The maximum Gasteiger partial charge on any atom is 0.416 e. The fraction of sp³-hybridized carbons (Fsp3) is 0.452. The van der Waals surface area contributed by atoms with Crippen LogP contribution in [0, 0.1) is 0 Å². The molecule has 2 aliphatic heterocycles. The van der Waals surface area contributed by atoms with Crippen LogP contribution in [0.25, 0.3) is 11.4 Å². The number of carboxylic acids is 1. The van der Waals surface area contributed by atoms with Crippen LogP contribution in [-0.4, -0.2) is 106 Å². The molecule has 0 spiro atoms. The Labute approximate surface area is 268 Å². The maximum absolute atomic E-state index is 13.0. The Bertz CT molecular complexity index is 1510. The molecule has 47 heavy (non-hydrogen) atoms. The van der Waals surface area contributed by atoms with E-state index >= 15 is 0 Å². The molecule has 2 amide bonds. The summed E-state index contributed by atoms with van der Waals surface area (Å²) in [5.41, 5.74) is -1.19. The van der Waals surface area contributed by atoms with Gasteiger partial charge >= 0.3 is 18.2 Å². The van der Waals surface area contributed by atoms with E-state index in [1.807, 2.05) is 6.07 Å². The van der Waals surface area contributed by atoms with Gasteiger partial charge in [-0.15, -0.1) is 0 Å². The number of hydrogen-bond acceptors (Lipinski definition) is 9. The summed E-state index contributed by atoms with van der Waals surface area (Å²) in [7, 11) is 0. The smallest absolute Gasteiger partial charge is 0.416 e. The normalized spacial score (nSPS) is 18.5. The van der Waals surface area contributed by atoms with E-state index in [-0.39, 0.29) is 43.7 Å². The van der Waals surface area contributed by atoms with E-state index < -0.39 is 41.5 Å². The van der Waals surface area contributed by atoms with Crippen molar-refractivity contribution < 1.29 is 51.6 Å². The van der Waals surface area contributed by atoms with Crippen molar-refractivity contribution in [2.75, 3.05) is 46.1 Å². The topological polar surface area (TPSA) is 156 Å². The Morgan fingerprint density at radius 1 is 0.979 bits per heavy atom. The number of aromatic nitrogens is 3. The Hall–Kier alpha value is -4.70. The molecule has 13 nitrogen and oxygen atoms in total. The second kappa shape index (κ2) is 15.3. The van der Waals surface area contributed by atoms with E-state index in [1.54, 1.807) is 49.9 Å². The molecule has 3 aromatic rings. The number of para-hydroxylation sites is 1. The first-order valence-corrected chi connectivity index (χ1v) is 14.7. The summed E-state index contributed by atoms with van der Waals surface area (Å²) < 4.78 is 60.2. The molecular formula is C31H36F3N5O8. The van der Waals surface area contributed by atoms with Crippen LogP contribution in [-0.2, 0) is 30.0 Å². The minimum atomic E-state index is -4.46. The molecule has 254 valence electrons. The van der Waals surface area contributed by atoms with Gasteiger partial charge in [0.1, 0.15) is 23.2 Å². The molecule has 0 saturated carbocycles. The van der Waals surface area contributed by atoms with E-state index in [4.69, 9.17) is 24.1 Å². The standard InChI is InChI=1S/C21H19F3N4O3.C10H17NO5/c22-21(23,24)15-6-4-5-14(11-15)19-25-20(27-26-19)17-12-30-10-9-28(17)18(29)13-31-16-7-2-1-3-8-16;1-10(2,3)16-9(14)11-4-5-15-6-7(11)8(12)13/h1-8,11,17H,9-10,12-13H2,(H,25,26,27);7H,4-6H2,1-3H3,(H,12,13). The lowest BCUT2D eigenvalue weighted by Crippen LogP contribution is -2.53. The average molecular weight is 664 g/mol. The molecule has 1 aromatic heterocycles. The highest BCUT2D eigenvalue weighted by atomic mass is 19.4. The molecule has 2 aliphatic rings. The summed E-state index contributed by atoms with van der Waals surface area (Å²) in [5.74, 6) is -0.313. The number of ether oxygens (including phenoxy) is 4. The predicted octanol–water partition coefficient (Wildman–Crippen LogP) is 4.18. The number of carbonyl (C=O) groups is 3. The van der Waals surface area contributed by atoms with Gasteiger partial charge in [-0.2, -0.15) is 18.3 Å². The van der Waals surface area contributed by atoms with Gasteiger partial charge in [0.2, 0.25) is 0 Å². The van der Waals surface area contributed by atoms with Gasteiger partial charge in [0.15, 0.2) is 18.5 Å². The van der Waals surface area contributed by atoms with Gasteiger partial charge in [-0.25, -0.2) is 14.6 Å². The fourth-order valence-corrected chi connectivity index (χ4v) is 4.61. The summed E-state index contributed by atoms with van der Waals surface area (Å²) >= 11 is 0. The summed E-state index contributed by atoms with van der Waals surface area (Å²) in [4.78, 5) is 42.5. The molecule has 2 N–H and O–H groups in total. The number of morpholine rings is 2. The number of nitrogens with zero attached hydrogens (tertiary/aromatic N) is 4. The minimum Gasteiger partial charge on any atom is -0.484 e. The molecule has 2 aromatic carbocycles. The van der Waals surface area contributed by atoms with Crippen LogP contribution in [0.5, 0.6) is 5.75 Å². The Balaban J connectivity index is 0.000000264. The summed E-state index contributed by atoms with van der Waals surface area (Å²) in [6, 6.07) is 12.2. The van der Waals surface area contributed by atoms with Crippen molar-refractivity contribution in [2.24, 2.45) is 0 Å². The number of carbonyl (C=O) groups excluding carboxylic acids is 2. The molecule has 2 saturated heterocycles. The summed E-state index contributed by atoms with van der Waals surface area (Å²) in [5, 5.41) is 15.7. The van der Waals surface area contributed by atoms with Crippen molar-refractivity contribution in [3.63, 3.8) is 0 Å². The van der Waals surface area contributed by atoms with E-state index in [0.717, 1.165) is 12.1 Å². The Morgan fingerprint density at radius 2 is 1.66 bits per heavy atom. The molecule has 0 radical (unpaired) electrons. The molecule has 2 fully saturated rings. The number of alkyl halides is 3. The van der Waals surface area contributed by atoms with E-state index in [0.29, 0.717) is 31.3 Å². The van der Waals surface area contributed by atoms with Crippen molar-refractivity contribution in [3.05, 3.63) is 66.0 Å². The Kier molecular flexibility index (Phi) is 11.4. The number of aliphatic carboxylic acids is 1. The van der Waals surface area contributed by atoms with E-state index in [2.05, 4.69) is 15.2 Å². The molecule has 5 rings (SSSR count). The van der Waals surface area contributed by atoms with Crippen LogP contribution < -0.4 is 4.74 Å². The van der Waals surface area contributed by atoms with Crippen LogP contribution in [0.2, 0.25) is 0 Å². The van der Waals surface area contributed by atoms with Crippen LogP contribution in [0.3, 0.4) is 0 Å². The largest absolute Gasteiger partial charge is 0.484 e. The first-order chi connectivity index (χ1) is 22.2. The number of aromatic amines is 1. The quantitative estimate of drug-likeness (QED) is 0.392. The van der Waals surface area contributed by atoms with Gasteiger partial charge in [0.05, 0.1) is 32.0 Å². The maximum atomic E-state index is 13.0. The highest BCUT2D eigenvalue weighted by Gasteiger charge is 2.36. The lowest BCUT2D eigenvalue weighted by atomic mass is 10.1. The van der Waals surface area contributed by atoms with Crippen molar-refractivity contribution in [3.8, 4) is 17.1 Å². The van der Waals surface area contributed by atoms with Gasteiger partial charge < -0.3 is 29.0 Å². The zero-order chi connectivity index (χ0) is 34.2. The number of benzene rings is 2. The number of H-pyrrole nitrogens is 1. The van der Waals surface area contributed by atoms with Crippen molar-refractivity contribution >= 4 is 18.0 Å². The third-order valence-corrected chi connectivity index (χ3v) is 6.86. The zero-order valence-corrected chi connectivity index (χ0v) is 26.0. The molecular weight excluding hydrogens is 627 g/mol.